The largest absolute Gasteiger partial charge is 0.481 e. The first-order chi connectivity index (χ1) is 11.4. The number of nitrogens with zero attached hydrogens (tertiary/aromatic N) is 1. The van der Waals surface area contributed by atoms with Crippen LogP contribution in [0.4, 0.5) is 0 Å². The summed E-state index contributed by atoms with van der Waals surface area (Å²) in [6.07, 6.45) is 0.818. The van der Waals surface area contributed by atoms with Crippen molar-refractivity contribution in [3.63, 3.8) is 0 Å². The number of morpholine rings is 1. The molecule has 1 saturated heterocycles. The monoisotopic (exact) mass is 354 g/mol. The standard InChI is InChI=1S/C16H22N2O5S/c1-3-8-17-24(20,21)15-6-4-14(5-7-15)23-13(2)16(19)18-9-11-22-12-10-18/h3-7,13,17H,1,8-12H2,2H3/t13-/m1/s1. The van der Waals surface area contributed by atoms with Gasteiger partial charge < -0.3 is 14.4 Å². The molecule has 8 heteroatoms. The quantitative estimate of drug-likeness (QED) is 0.732. The Labute approximate surface area is 142 Å². The minimum atomic E-state index is -3.57. The number of benzene rings is 1. The predicted molar refractivity (Wildman–Crippen MR) is 89.3 cm³/mol. The third-order valence-electron chi connectivity index (χ3n) is 3.54. The van der Waals surface area contributed by atoms with E-state index in [1.807, 2.05) is 0 Å². The van der Waals surface area contributed by atoms with Crippen molar-refractivity contribution >= 4 is 15.9 Å². The summed E-state index contributed by atoms with van der Waals surface area (Å²) in [7, 11) is -3.57. The molecule has 1 amide bonds. The second kappa shape index (κ2) is 8.27. The summed E-state index contributed by atoms with van der Waals surface area (Å²) in [5.41, 5.74) is 0. The maximum atomic E-state index is 12.3. The molecule has 0 unspecified atom stereocenters. The first-order valence-corrected chi connectivity index (χ1v) is 9.16. The zero-order valence-electron chi connectivity index (χ0n) is 13.6. The summed E-state index contributed by atoms with van der Waals surface area (Å²) in [4.78, 5) is 14.1. The molecule has 0 aliphatic carbocycles. The lowest BCUT2D eigenvalue weighted by molar-refractivity contribution is -0.142. The molecule has 132 valence electrons. The highest BCUT2D eigenvalue weighted by molar-refractivity contribution is 7.89. The smallest absolute Gasteiger partial charge is 0.263 e. The highest BCUT2D eigenvalue weighted by Crippen LogP contribution is 2.18. The van der Waals surface area contributed by atoms with Crippen LogP contribution in [0, 0.1) is 0 Å². The molecule has 2 rings (SSSR count). The van der Waals surface area contributed by atoms with Gasteiger partial charge in [-0.15, -0.1) is 6.58 Å². The number of carbonyl (C=O) groups excluding carboxylic acids is 1. The Hall–Kier alpha value is -1.90. The number of hydrogen-bond donors (Lipinski definition) is 1. The molecule has 1 aromatic rings. The SMILES string of the molecule is C=CCNS(=O)(=O)c1ccc(O[C@H](C)C(=O)N2CCOCC2)cc1. The zero-order valence-corrected chi connectivity index (χ0v) is 14.4. The fourth-order valence-corrected chi connectivity index (χ4v) is 3.24. The van der Waals surface area contributed by atoms with Crippen molar-refractivity contribution in [1.82, 2.24) is 9.62 Å². The Bertz CT molecular complexity index is 666. The van der Waals surface area contributed by atoms with E-state index in [-0.39, 0.29) is 17.3 Å². The van der Waals surface area contributed by atoms with Crippen LogP contribution in [0.5, 0.6) is 5.75 Å². The lowest BCUT2D eigenvalue weighted by Crippen LogP contribution is -2.46. The van der Waals surface area contributed by atoms with Crippen molar-refractivity contribution in [2.24, 2.45) is 0 Å². The Morgan fingerprint density at radius 1 is 1.38 bits per heavy atom. The molecule has 24 heavy (non-hydrogen) atoms. The van der Waals surface area contributed by atoms with E-state index in [2.05, 4.69) is 11.3 Å². The van der Waals surface area contributed by atoms with Crippen LogP contribution in [0.3, 0.4) is 0 Å². The van der Waals surface area contributed by atoms with Crippen LogP contribution in [-0.2, 0) is 19.6 Å². The molecule has 1 N–H and O–H groups in total. The summed E-state index contributed by atoms with van der Waals surface area (Å²) in [6, 6.07) is 5.94. The van der Waals surface area contributed by atoms with Crippen molar-refractivity contribution in [2.45, 2.75) is 17.9 Å². The van der Waals surface area contributed by atoms with Gasteiger partial charge in [-0.2, -0.15) is 0 Å². The molecule has 0 aromatic heterocycles. The molecular weight excluding hydrogens is 332 g/mol. The average Bonchev–Trinajstić information content (AvgIpc) is 2.60. The van der Waals surface area contributed by atoms with Gasteiger partial charge in [0, 0.05) is 19.6 Å². The Kier molecular flexibility index (Phi) is 6.36. The molecule has 7 nitrogen and oxygen atoms in total. The Morgan fingerprint density at radius 2 is 2.00 bits per heavy atom. The third kappa shape index (κ3) is 4.80. The fourth-order valence-electron chi connectivity index (χ4n) is 2.24. The topological polar surface area (TPSA) is 84.9 Å². The van der Waals surface area contributed by atoms with Crippen molar-refractivity contribution in [3.8, 4) is 5.75 Å². The minimum absolute atomic E-state index is 0.109. The maximum absolute atomic E-state index is 12.3. The number of ether oxygens (including phenoxy) is 2. The van der Waals surface area contributed by atoms with E-state index in [0.29, 0.717) is 32.1 Å². The van der Waals surface area contributed by atoms with Crippen LogP contribution < -0.4 is 9.46 Å². The number of rotatable bonds is 7. The summed E-state index contributed by atoms with van der Waals surface area (Å²) in [6.45, 7) is 7.47. The third-order valence-corrected chi connectivity index (χ3v) is 4.97. The van der Waals surface area contributed by atoms with Crippen LogP contribution >= 0.6 is 0 Å². The Balaban J connectivity index is 1.98. The van der Waals surface area contributed by atoms with Crippen molar-refractivity contribution in [1.29, 1.82) is 0 Å². The zero-order chi connectivity index (χ0) is 17.6. The van der Waals surface area contributed by atoms with Gasteiger partial charge >= 0.3 is 0 Å². The van der Waals surface area contributed by atoms with Crippen LogP contribution in [0.15, 0.2) is 41.8 Å². The Morgan fingerprint density at radius 3 is 2.58 bits per heavy atom. The van der Waals surface area contributed by atoms with Gasteiger partial charge in [0.2, 0.25) is 10.0 Å². The summed E-state index contributed by atoms with van der Waals surface area (Å²) < 4.78 is 37.2. The molecule has 1 heterocycles. The van der Waals surface area contributed by atoms with Crippen molar-refractivity contribution in [2.75, 3.05) is 32.8 Å². The first-order valence-electron chi connectivity index (χ1n) is 7.68. The fraction of sp³-hybridized carbons (Fsp3) is 0.438. The number of nitrogens with one attached hydrogen (secondary N) is 1. The van der Waals surface area contributed by atoms with Gasteiger partial charge in [-0.05, 0) is 31.2 Å². The number of sulfonamides is 1. The van der Waals surface area contributed by atoms with Gasteiger partial charge in [-0.25, -0.2) is 13.1 Å². The molecule has 0 saturated carbocycles. The number of amides is 1. The highest BCUT2D eigenvalue weighted by atomic mass is 32.2. The van der Waals surface area contributed by atoms with E-state index >= 15 is 0 Å². The minimum Gasteiger partial charge on any atom is -0.481 e. The van der Waals surface area contributed by atoms with Crippen LogP contribution in [0.1, 0.15) is 6.92 Å². The average molecular weight is 354 g/mol. The second-order valence-corrected chi connectivity index (χ2v) is 7.08. The molecular formula is C16H22N2O5S. The molecule has 0 radical (unpaired) electrons. The van der Waals surface area contributed by atoms with Crippen LogP contribution in [0.25, 0.3) is 0 Å². The van der Waals surface area contributed by atoms with E-state index < -0.39 is 16.1 Å². The van der Waals surface area contributed by atoms with Crippen molar-refractivity contribution < 1.29 is 22.7 Å². The van der Waals surface area contributed by atoms with Crippen molar-refractivity contribution in [3.05, 3.63) is 36.9 Å². The van der Waals surface area contributed by atoms with Gasteiger partial charge in [-0.1, -0.05) is 6.08 Å². The molecule has 1 fully saturated rings. The second-order valence-electron chi connectivity index (χ2n) is 5.31. The number of hydrogen-bond acceptors (Lipinski definition) is 5. The normalized spacial score (nSPS) is 16.5. The van der Waals surface area contributed by atoms with Crippen LogP contribution in [0.2, 0.25) is 0 Å². The van der Waals surface area contributed by atoms with Gasteiger partial charge in [0.15, 0.2) is 6.10 Å². The van der Waals surface area contributed by atoms with Gasteiger partial charge in [-0.3, -0.25) is 4.79 Å². The maximum Gasteiger partial charge on any atom is 0.263 e. The predicted octanol–water partition coefficient (Wildman–Crippen LogP) is 0.777. The number of carbonyl (C=O) groups is 1. The summed E-state index contributed by atoms with van der Waals surface area (Å²) in [5, 5.41) is 0. The highest BCUT2D eigenvalue weighted by Gasteiger charge is 2.24. The van der Waals surface area contributed by atoms with Gasteiger partial charge in [0.25, 0.3) is 5.91 Å². The lowest BCUT2D eigenvalue weighted by Gasteiger charge is -2.29. The van der Waals surface area contributed by atoms with E-state index in [4.69, 9.17) is 9.47 Å². The van der Waals surface area contributed by atoms with Crippen LogP contribution in [-0.4, -0.2) is 58.2 Å². The molecule has 1 aliphatic rings. The molecule has 0 bridgehead atoms. The summed E-state index contributed by atoms with van der Waals surface area (Å²) in [5.74, 6) is 0.328. The van der Waals surface area contributed by atoms with Gasteiger partial charge in [0.1, 0.15) is 5.75 Å². The molecule has 1 aromatic carbocycles. The first kappa shape index (κ1) is 18.4. The lowest BCUT2D eigenvalue weighted by atomic mass is 10.3. The van der Waals surface area contributed by atoms with Gasteiger partial charge in [0.05, 0.1) is 18.1 Å². The summed E-state index contributed by atoms with van der Waals surface area (Å²) >= 11 is 0. The van der Waals surface area contributed by atoms with E-state index in [0.717, 1.165) is 0 Å². The van der Waals surface area contributed by atoms with E-state index in [1.54, 1.807) is 11.8 Å². The molecule has 0 spiro atoms. The molecule has 1 aliphatic heterocycles. The van der Waals surface area contributed by atoms with E-state index in [1.165, 1.54) is 30.3 Å². The molecule has 1 atom stereocenters. The van der Waals surface area contributed by atoms with E-state index in [9.17, 15) is 13.2 Å².